The molecule has 0 saturated heterocycles. The van der Waals surface area contributed by atoms with Gasteiger partial charge in [-0.3, -0.25) is 4.79 Å². The van der Waals surface area contributed by atoms with E-state index in [1.165, 1.54) is 5.56 Å². The van der Waals surface area contributed by atoms with Gasteiger partial charge in [-0.15, -0.1) is 0 Å². The summed E-state index contributed by atoms with van der Waals surface area (Å²) in [4.78, 5) is 14.4. The molecular formula is C18H22N2O. The highest BCUT2D eigenvalue weighted by molar-refractivity contribution is 6.07. The molecule has 0 bridgehead atoms. The minimum Gasteiger partial charge on any atom is -0.388 e. The van der Waals surface area contributed by atoms with Gasteiger partial charge in [-0.25, -0.2) is 0 Å². The van der Waals surface area contributed by atoms with Crippen LogP contribution in [0.5, 0.6) is 0 Å². The van der Waals surface area contributed by atoms with Gasteiger partial charge in [0.1, 0.15) is 0 Å². The first-order chi connectivity index (χ1) is 9.93. The lowest BCUT2D eigenvalue weighted by Gasteiger charge is -2.21. The van der Waals surface area contributed by atoms with E-state index in [0.717, 1.165) is 28.1 Å². The van der Waals surface area contributed by atoms with Crippen molar-refractivity contribution in [1.29, 1.82) is 0 Å². The first kappa shape index (κ1) is 15.1. The molecular weight excluding hydrogens is 260 g/mol. The number of hydrogen-bond acceptors (Lipinski definition) is 2. The van der Waals surface area contributed by atoms with Crippen LogP contribution in [-0.2, 0) is 0 Å². The lowest BCUT2D eigenvalue weighted by molar-refractivity contribution is 0.0992. The number of amides is 1. The van der Waals surface area contributed by atoms with E-state index in [2.05, 4.69) is 18.3 Å². The van der Waals surface area contributed by atoms with E-state index >= 15 is 0 Å². The molecule has 0 aromatic heterocycles. The van der Waals surface area contributed by atoms with Crippen molar-refractivity contribution in [3.8, 4) is 0 Å². The highest BCUT2D eigenvalue weighted by Crippen LogP contribution is 2.23. The number of carbonyl (C=O) groups excluding carboxylic acids is 1. The van der Waals surface area contributed by atoms with Crippen LogP contribution >= 0.6 is 0 Å². The monoisotopic (exact) mass is 282 g/mol. The summed E-state index contributed by atoms with van der Waals surface area (Å²) in [7, 11) is 3.70. The van der Waals surface area contributed by atoms with E-state index in [9.17, 15) is 4.79 Å². The van der Waals surface area contributed by atoms with Gasteiger partial charge in [-0.1, -0.05) is 17.7 Å². The van der Waals surface area contributed by atoms with Crippen molar-refractivity contribution < 1.29 is 4.79 Å². The van der Waals surface area contributed by atoms with Gasteiger partial charge in [0.05, 0.1) is 0 Å². The second kappa shape index (κ2) is 6.00. The molecule has 0 spiro atoms. The van der Waals surface area contributed by atoms with Crippen LogP contribution in [0.3, 0.4) is 0 Å². The SMILES string of the molecule is CNc1ccc(C(=O)N(C)c2ccc(C)cc2C)c(C)c1. The normalized spacial score (nSPS) is 10.3. The third-order valence-electron chi connectivity index (χ3n) is 3.76. The van der Waals surface area contributed by atoms with Crippen molar-refractivity contribution in [2.45, 2.75) is 20.8 Å². The number of anilines is 2. The number of aryl methyl sites for hydroxylation is 3. The largest absolute Gasteiger partial charge is 0.388 e. The Labute approximate surface area is 126 Å². The number of hydrogen-bond donors (Lipinski definition) is 1. The molecule has 0 radical (unpaired) electrons. The molecule has 2 aromatic rings. The van der Waals surface area contributed by atoms with E-state index in [0.29, 0.717) is 0 Å². The summed E-state index contributed by atoms with van der Waals surface area (Å²) in [5.74, 6) is 0.0158. The number of nitrogens with zero attached hydrogens (tertiary/aromatic N) is 1. The molecule has 3 heteroatoms. The highest BCUT2D eigenvalue weighted by atomic mass is 16.2. The van der Waals surface area contributed by atoms with Crippen molar-refractivity contribution in [2.75, 3.05) is 24.3 Å². The van der Waals surface area contributed by atoms with Crippen LogP contribution in [-0.4, -0.2) is 20.0 Å². The summed E-state index contributed by atoms with van der Waals surface area (Å²) < 4.78 is 0. The molecule has 0 aliphatic rings. The third-order valence-corrected chi connectivity index (χ3v) is 3.76. The predicted octanol–water partition coefficient (Wildman–Crippen LogP) is 3.93. The topological polar surface area (TPSA) is 32.3 Å². The van der Waals surface area contributed by atoms with Crippen molar-refractivity contribution in [1.82, 2.24) is 0 Å². The van der Waals surface area contributed by atoms with Crippen LogP contribution < -0.4 is 10.2 Å². The zero-order chi connectivity index (χ0) is 15.6. The molecule has 0 unspecified atom stereocenters. The maximum atomic E-state index is 12.7. The molecule has 1 amide bonds. The zero-order valence-corrected chi connectivity index (χ0v) is 13.3. The van der Waals surface area contributed by atoms with E-state index < -0.39 is 0 Å². The van der Waals surface area contributed by atoms with Crippen LogP contribution in [0.15, 0.2) is 36.4 Å². The lowest BCUT2D eigenvalue weighted by Crippen LogP contribution is -2.27. The Morgan fingerprint density at radius 3 is 2.29 bits per heavy atom. The van der Waals surface area contributed by atoms with Gasteiger partial charge < -0.3 is 10.2 Å². The molecule has 2 aromatic carbocycles. The van der Waals surface area contributed by atoms with Crippen LogP contribution in [0.2, 0.25) is 0 Å². The molecule has 0 atom stereocenters. The standard InChI is InChI=1S/C18H22N2O/c1-12-6-9-17(14(3)10-12)20(5)18(21)16-8-7-15(19-4)11-13(16)2/h6-11,19H,1-5H3. The smallest absolute Gasteiger partial charge is 0.258 e. The number of rotatable bonds is 3. The summed E-state index contributed by atoms with van der Waals surface area (Å²) >= 11 is 0. The Hall–Kier alpha value is -2.29. The minimum atomic E-state index is 0.0158. The van der Waals surface area contributed by atoms with E-state index in [1.54, 1.807) is 4.90 Å². The first-order valence-electron chi connectivity index (χ1n) is 7.07. The summed E-state index contributed by atoms with van der Waals surface area (Å²) in [5.41, 5.74) is 5.97. The minimum absolute atomic E-state index is 0.0158. The van der Waals surface area contributed by atoms with E-state index in [1.807, 2.05) is 58.3 Å². The van der Waals surface area contributed by atoms with Crippen molar-refractivity contribution in [3.63, 3.8) is 0 Å². The molecule has 0 heterocycles. The maximum absolute atomic E-state index is 12.7. The number of nitrogens with one attached hydrogen (secondary N) is 1. The Balaban J connectivity index is 2.35. The summed E-state index contributed by atoms with van der Waals surface area (Å²) in [5, 5.41) is 3.09. The highest BCUT2D eigenvalue weighted by Gasteiger charge is 2.17. The van der Waals surface area contributed by atoms with Gasteiger partial charge in [0.15, 0.2) is 0 Å². The summed E-state index contributed by atoms with van der Waals surface area (Å²) in [6.45, 7) is 6.05. The number of benzene rings is 2. The quantitative estimate of drug-likeness (QED) is 0.925. The molecule has 21 heavy (non-hydrogen) atoms. The fourth-order valence-electron chi connectivity index (χ4n) is 2.53. The van der Waals surface area contributed by atoms with Gasteiger partial charge in [0.2, 0.25) is 0 Å². The fraction of sp³-hybridized carbons (Fsp3) is 0.278. The summed E-state index contributed by atoms with van der Waals surface area (Å²) in [6, 6.07) is 11.9. The van der Waals surface area contributed by atoms with Crippen LogP contribution in [0.4, 0.5) is 11.4 Å². The first-order valence-corrected chi connectivity index (χ1v) is 7.07. The second-order valence-corrected chi connectivity index (χ2v) is 5.43. The Kier molecular flexibility index (Phi) is 4.32. The van der Waals surface area contributed by atoms with Crippen LogP contribution in [0.25, 0.3) is 0 Å². The molecule has 110 valence electrons. The average molecular weight is 282 g/mol. The Morgan fingerprint density at radius 1 is 1.00 bits per heavy atom. The van der Waals surface area contributed by atoms with Crippen molar-refractivity contribution in [3.05, 3.63) is 58.7 Å². The Morgan fingerprint density at radius 2 is 1.71 bits per heavy atom. The van der Waals surface area contributed by atoms with E-state index in [4.69, 9.17) is 0 Å². The fourth-order valence-corrected chi connectivity index (χ4v) is 2.53. The van der Waals surface area contributed by atoms with Gasteiger partial charge >= 0.3 is 0 Å². The molecule has 3 nitrogen and oxygen atoms in total. The van der Waals surface area contributed by atoms with Gasteiger partial charge in [0.25, 0.3) is 5.91 Å². The molecule has 2 rings (SSSR count). The molecule has 0 aliphatic carbocycles. The van der Waals surface area contributed by atoms with Gasteiger partial charge in [0, 0.05) is 31.0 Å². The number of carbonyl (C=O) groups is 1. The second-order valence-electron chi connectivity index (χ2n) is 5.43. The zero-order valence-electron chi connectivity index (χ0n) is 13.3. The molecule has 0 aliphatic heterocycles. The van der Waals surface area contributed by atoms with Crippen LogP contribution in [0.1, 0.15) is 27.0 Å². The van der Waals surface area contributed by atoms with Crippen LogP contribution in [0, 0.1) is 20.8 Å². The van der Waals surface area contributed by atoms with Gasteiger partial charge in [-0.05, 0) is 56.2 Å². The average Bonchev–Trinajstić information content (AvgIpc) is 2.45. The molecule has 0 fully saturated rings. The Bertz CT molecular complexity index is 677. The van der Waals surface area contributed by atoms with Gasteiger partial charge in [-0.2, -0.15) is 0 Å². The molecule has 1 N–H and O–H groups in total. The molecule has 0 saturated carbocycles. The van der Waals surface area contributed by atoms with Crippen molar-refractivity contribution >= 4 is 17.3 Å². The lowest BCUT2D eigenvalue weighted by atomic mass is 10.1. The predicted molar refractivity (Wildman–Crippen MR) is 89.4 cm³/mol. The van der Waals surface area contributed by atoms with E-state index in [-0.39, 0.29) is 5.91 Å². The maximum Gasteiger partial charge on any atom is 0.258 e. The summed E-state index contributed by atoms with van der Waals surface area (Å²) in [6.07, 6.45) is 0. The third kappa shape index (κ3) is 3.07. The van der Waals surface area contributed by atoms with Crippen molar-refractivity contribution in [2.24, 2.45) is 0 Å².